The number of hydrogen-bond donors (Lipinski definition) is 0. The van der Waals surface area contributed by atoms with Crippen LogP contribution in [0.15, 0.2) is 58.0 Å². The van der Waals surface area contributed by atoms with Crippen molar-refractivity contribution in [2.24, 2.45) is 0 Å². The van der Waals surface area contributed by atoms with Crippen molar-refractivity contribution in [3.05, 3.63) is 68.6 Å². The fraction of sp³-hybridized carbons (Fsp3) is 0.150. The van der Waals surface area contributed by atoms with Gasteiger partial charge in [0.25, 0.3) is 0 Å². The first-order valence-corrected chi connectivity index (χ1v) is 10.8. The Labute approximate surface area is 173 Å². The quantitative estimate of drug-likeness (QED) is 0.503. The molecule has 7 heteroatoms. The molecule has 0 aliphatic carbocycles. The third-order valence-corrected chi connectivity index (χ3v) is 6.85. The summed E-state index contributed by atoms with van der Waals surface area (Å²) in [5, 5.41) is 1.40. The number of rotatable bonds is 4. The minimum absolute atomic E-state index is 0.0362. The van der Waals surface area contributed by atoms with Crippen LogP contribution in [0.1, 0.15) is 22.3 Å². The Morgan fingerprint density at radius 3 is 2.70 bits per heavy atom. The molecule has 27 heavy (non-hydrogen) atoms. The minimum Gasteiger partial charge on any atom is -0.298 e. The van der Waals surface area contributed by atoms with Crippen LogP contribution in [0.3, 0.4) is 0 Å². The van der Waals surface area contributed by atoms with E-state index in [2.05, 4.69) is 20.9 Å². The Balaban J connectivity index is 1.61. The van der Waals surface area contributed by atoms with E-state index in [0.29, 0.717) is 5.56 Å². The van der Waals surface area contributed by atoms with Crippen molar-refractivity contribution < 1.29 is 9.59 Å². The SMILES string of the molecule is CC1SC(=Cc2nc3ccccc3s2)N(CC(=O)c2ccc(Br)cc2)C1=O. The van der Waals surface area contributed by atoms with Crippen LogP contribution >= 0.6 is 39.0 Å². The van der Waals surface area contributed by atoms with Crippen LogP contribution in [0.25, 0.3) is 16.3 Å². The Morgan fingerprint density at radius 2 is 1.96 bits per heavy atom. The van der Waals surface area contributed by atoms with Crippen molar-refractivity contribution in [2.75, 3.05) is 6.54 Å². The molecule has 1 aromatic heterocycles. The van der Waals surface area contributed by atoms with Crippen LogP contribution < -0.4 is 0 Å². The normalized spacial score (nSPS) is 18.6. The van der Waals surface area contributed by atoms with E-state index in [0.717, 1.165) is 24.7 Å². The summed E-state index contributed by atoms with van der Waals surface area (Å²) in [7, 11) is 0. The highest BCUT2D eigenvalue weighted by atomic mass is 79.9. The first kappa shape index (κ1) is 18.4. The number of hydrogen-bond acceptors (Lipinski definition) is 5. The molecule has 4 rings (SSSR count). The van der Waals surface area contributed by atoms with Crippen molar-refractivity contribution in [1.82, 2.24) is 9.88 Å². The summed E-state index contributed by atoms with van der Waals surface area (Å²) in [5.74, 6) is -0.126. The van der Waals surface area contributed by atoms with Crippen LogP contribution in [0.2, 0.25) is 0 Å². The van der Waals surface area contributed by atoms with Gasteiger partial charge in [0.2, 0.25) is 5.91 Å². The average Bonchev–Trinajstić information content (AvgIpc) is 3.18. The van der Waals surface area contributed by atoms with Gasteiger partial charge in [-0.15, -0.1) is 11.3 Å². The average molecular weight is 459 g/mol. The molecule has 136 valence electrons. The maximum atomic E-state index is 12.6. The largest absolute Gasteiger partial charge is 0.298 e. The predicted octanol–water partition coefficient (Wildman–Crippen LogP) is 5.20. The van der Waals surface area contributed by atoms with Gasteiger partial charge in [-0.1, -0.05) is 52.0 Å². The van der Waals surface area contributed by atoms with E-state index in [1.165, 1.54) is 11.8 Å². The van der Waals surface area contributed by atoms with E-state index in [-0.39, 0.29) is 23.5 Å². The topological polar surface area (TPSA) is 50.3 Å². The van der Waals surface area contributed by atoms with Gasteiger partial charge in [-0.05, 0) is 31.2 Å². The van der Waals surface area contributed by atoms with E-state index in [1.807, 2.05) is 49.4 Å². The second-order valence-electron chi connectivity index (χ2n) is 6.12. The first-order valence-electron chi connectivity index (χ1n) is 8.35. The lowest BCUT2D eigenvalue weighted by Crippen LogP contribution is -2.32. The lowest BCUT2D eigenvalue weighted by Gasteiger charge is -2.16. The highest BCUT2D eigenvalue weighted by Crippen LogP contribution is 2.37. The molecule has 2 heterocycles. The van der Waals surface area contributed by atoms with Gasteiger partial charge in [-0.3, -0.25) is 14.5 Å². The lowest BCUT2D eigenvalue weighted by atomic mass is 10.1. The number of para-hydroxylation sites is 1. The van der Waals surface area contributed by atoms with Gasteiger partial charge in [-0.25, -0.2) is 4.98 Å². The van der Waals surface area contributed by atoms with E-state index >= 15 is 0 Å². The molecule has 1 aliphatic heterocycles. The molecule has 3 aromatic rings. The molecular formula is C20H15BrN2O2S2. The first-order chi connectivity index (χ1) is 13.0. The van der Waals surface area contributed by atoms with Gasteiger partial charge in [0.15, 0.2) is 5.78 Å². The number of ketones is 1. The Hall–Kier alpha value is -1.96. The molecule has 0 N–H and O–H groups in total. The fourth-order valence-electron chi connectivity index (χ4n) is 2.82. The lowest BCUT2D eigenvalue weighted by molar-refractivity contribution is -0.126. The zero-order valence-corrected chi connectivity index (χ0v) is 17.6. The number of carbonyl (C=O) groups is 2. The Bertz CT molecular complexity index is 1030. The van der Waals surface area contributed by atoms with E-state index in [4.69, 9.17) is 0 Å². The standard InChI is InChI=1S/C20H15BrN2O2S2/c1-12-20(25)23(11-16(24)13-6-8-14(21)9-7-13)19(26-12)10-18-22-15-4-2-3-5-17(15)27-18/h2-10,12H,11H2,1H3. The number of aromatic nitrogens is 1. The van der Waals surface area contributed by atoms with Gasteiger partial charge >= 0.3 is 0 Å². The zero-order chi connectivity index (χ0) is 19.0. The van der Waals surface area contributed by atoms with Gasteiger partial charge in [0.1, 0.15) is 5.01 Å². The van der Waals surface area contributed by atoms with E-state index in [1.54, 1.807) is 28.4 Å². The number of carbonyl (C=O) groups excluding carboxylic acids is 2. The number of thioether (sulfide) groups is 1. The maximum Gasteiger partial charge on any atom is 0.241 e. The smallest absolute Gasteiger partial charge is 0.241 e. The summed E-state index contributed by atoms with van der Waals surface area (Å²) in [6.07, 6.45) is 1.91. The maximum absolute atomic E-state index is 12.6. The van der Waals surface area contributed by atoms with Crippen LogP contribution in [-0.4, -0.2) is 33.4 Å². The van der Waals surface area contributed by atoms with Crippen molar-refractivity contribution in [3.8, 4) is 0 Å². The summed E-state index contributed by atoms with van der Waals surface area (Å²) in [6, 6.07) is 15.1. The van der Waals surface area contributed by atoms with Crippen molar-refractivity contribution in [1.29, 1.82) is 0 Å². The molecule has 0 radical (unpaired) electrons. The number of nitrogens with zero attached hydrogens (tertiary/aromatic N) is 2. The molecule has 1 unspecified atom stereocenters. The number of fused-ring (bicyclic) bond motifs is 1. The third-order valence-electron chi connectivity index (χ3n) is 4.20. The summed E-state index contributed by atoms with van der Waals surface area (Å²) in [5.41, 5.74) is 1.53. The fourth-order valence-corrected chi connectivity index (χ4v) is 5.11. The van der Waals surface area contributed by atoms with Crippen LogP contribution in [0, 0.1) is 0 Å². The molecule has 0 bridgehead atoms. The van der Waals surface area contributed by atoms with Gasteiger partial charge in [0, 0.05) is 16.1 Å². The number of thiazole rings is 1. The summed E-state index contributed by atoms with van der Waals surface area (Å²) in [6.45, 7) is 1.90. The van der Waals surface area contributed by atoms with Gasteiger partial charge in [0.05, 0.1) is 27.0 Å². The molecular weight excluding hydrogens is 444 g/mol. The predicted molar refractivity (Wildman–Crippen MR) is 115 cm³/mol. The molecule has 1 amide bonds. The van der Waals surface area contributed by atoms with Crippen LogP contribution in [0.5, 0.6) is 0 Å². The Kier molecular flexibility index (Phi) is 5.16. The van der Waals surface area contributed by atoms with E-state index < -0.39 is 0 Å². The summed E-state index contributed by atoms with van der Waals surface area (Å²) < 4.78 is 2.01. The molecule has 0 spiro atoms. The molecule has 1 aliphatic rings. The van der Waals surface area contributed by atoms with Gasteiger partial charge < -0.3 is 0 Å². The summed E-state index contributed by atoms with van der Waals surface area (Å²) >= 11 is 6.41. The Morgan fingerprint density at radius 1 is 1.22 bits per heavy atom. The highest BCUT2D eigenvalue weighted by Gasteiger charge is 2.35. The second-order valence-corrected chi connectivity index (χ2v) is 9.46. The molecule has 1 fully saturated rings. The third kappa shape index (κ3) is 3.85. The number of benzene rings is 2. The number of amides is 1. The molecule has 0 saturated carbocycles. The molecule has 4 nitrogen and oxygen atoms in total. The second kappa shape index (κ2) is 7.58. The molecule has 1 saturated heterocycles. The van der Waals surface area contributed by atoms with Crippen LogP contribution in [-0.2, 0) is 4.79 Å². The monoisotopic (exact) mass is 458 g/mol. The highest BCUT2D eigenvalue weighted by molar-refractivity contribution is 9.10. The molecule has 1 atom stereocenters. The van der Waals surface area contributed by atoms with E-state index in [9.17, 15) is 9.59 Å². The number of halogens is 1. The summed E-state index contributed by atoms with van der Waals surface area (Å²) in [4.78, 5) is 31.4. The molecule has 2 aromatic carbocycles. The number of Topliss-reactive ketones (excluding diaryl/α,β-unsaturated/α-hetero) is 1. The van der Waals surface area contributed by atoms with Crippen molar-refractivity contribution in [3.63, 3.8) is 0 Å². The van der Waals surface area contributed by atoms with Gasteiger partial charge in [-0.2, -0.15) is 0 Å². The van der Waals surface area contributed by atoms with Crippen LogP contribution in [0.4, 0.5) is 0 Å². The van der Waals surface area contributed by atoms with Crippen molar-refractivity contribution in [2.45, 2.75) is 12.2 Å². The minimum atomic E-state index is -0.205. The van der Waals surface area contributed by atoms with Crippen molar-refractivity contribution >= 4 is 67.0 Å². The zero-order valence-electron chi connectivity index (χ0n) is 14.4.